The van der Waals surface area contributed by atoms with Crippen molar-refractivity contribution < 1.29 is 24.1 Å². The number of ether oxygens (including phenoxy) is 4. The van der Waals surface area contributed by atoms with Gasteiger partial charge in [0.25, 0.3) is 0 Å². The van der Waals surface area contributed by atoms with E-state index in [1.807, 2.05) is 18.2 Å². The maximum atomic E-state index is 10.4. The van der Waals surface area contributed by atoms with Crippen LogP contribution in [0.4, 0.5) is 0 Å². The third-order valence-corrected chi connectivity index (χ3v) is 3.94. The fourth-order valence-electron chi connectivity index (χ4n) is 2.79. The lowest BCUT2D eigenvalue weighted by atomic mass is 9.99. The molecule has 5 heteroatoms. The summed E-state index contributed by atoms with van der Waals surface area (Å²) in [5.74, 6) is 2.57. The normalized spacial score (nSPS) is 10.8. The van der Waals surface area contributed by atoms with Crippen LogP contribution in [0.15, 0.2) is 30.3 Å². The molecule has 0 aliphatic carbocycles. The first-order chi connectivity index (χ1) is 11.1. The van der Waals surface area contributed by atoms with E-state index in [0.717, 1.165) is 16.2 Å². The van der Waals surface area contributed by atoms with E-state index in [4.69, 9.17) is 18.9 Å². The van der Waals surface area contributed by atoms with Crippen molar-refractivity contribution in [2.75, 3.05) is 28.4 Å². The highest BCUT2D eigenvalue weighted by Gasteiger charge is 2.14. The molecule has 3 aromatic carbocycles. The number of hydrogen-bond donors (Lipinski definition) is 1. The van der Waals surface area contributed by atoms with Gasteiger partial charge in [0, 0.05) is 5.39 Å². The number of phenols is 1. The van der Waals surface area contributed by atoms with Gasteiger partial charge in [-0.1, -0.05) is 0 Å². The van der Waals surface area contributed by atoms with Gasteiger partial charge in [-0.3, -0.25) is 0 Å². The van der Waals surface area contributed by atoms with Crippen LogP contribution in [0.2, 0.25) is 0 Å². The highest BCUT2D eigenvalue weighted by molar-refractivity contribution is 6.12. The number of benzene rings is 3. The second-order valence-corrected chi connectivity index (χ2v) is 5.08. The molecule has 0 aromatic heterocycles. The molecule has 0 heterocycles. The Morgan fingerprint density at radius 3 is 1.52 bits per heavy atom. The Kier molecular flexibility index (Phi) is 3.78. The van der Waals surface area contributed by atoms with Gasteiger partial charge in [0.1, 0.15) is 5.75 Å². The molecule has 0 radical (unpaired) electrons. The molecule has 1 N–H and O–H groups in total. The molecule has 0 aliphatic heterocycles. The van der Waals surface area contributed by atoms with Crippen molar-refractivity contribution in [2.24, 2.45) is 0 Å². The lowest BCUT2D eigenvalue weighted by Gasteiger charge is -2.14. The average molecular weight is 314 g/mol. The number of fused-ring (bicyclic) bond motifs is 3. The predicted molar refractivity (Wildman–Crippen MR) is 89.3 cm³/mol. The summed E-state index contributed by atoms with van der Waals surface area (Å²) in [5, 5.41) is 13.7. The molecule has 0 fully saturated rings. The minimum atomic E-state index is 0.167. The Morgan fingerprint density at radius 2 is 1.00 bits per heavy atom. The molecule has 0 spiro atoms. The first-order valence-corrected chi connectivity index (χ1v) is 7.06. The van der Waals surface area contributed by atoms with E-state index in [1.165, 1.54) is 0 Å². The van der Waals surface area contributed by atoms with E-state index >= 15 is 0 Å². The molecule has 0 amide bonds. The van der Waals surface area contributed by atoms with Crippen molar-refractivity contribution in [3.05, 3.63) is 30.3 Å². The van der Waals surface area contributed by atoms with E-state index in [-0.39, 0.29) is 5.75 Å². The first kappa shape index (κ1) is 15.1. The fourth-order valence-corrected chi connectivity index (χ4v) is 2.79. The Morgan fingerprint density at radius 1 is 0.565 bits per heavy atom. The molecule has 3 rings (SSSR count). The van der Waals surface area contributed by atoms with Gasteiger partial charge in [0.15, 0.2) is 23.0 Å². The zero-order valence-electron chi connectivity index (χ0n) is 13.5. The van der Waals surface area contributed by atoms with Gasteiger partial charge in [0.2, 0.25) is 0 Å². The highest BCUT2D eigenvalue weighted by Crippen LogP contribution is 2.42. The first-order valence-electron chi connectivity index (χ1n) is 7.06. The summed E-state index contributed by atoms with van der Waals surface area (Å²) in [6.45, 7) is 0. The molecule has 120 valence electrons. The summed E-state index contributed by atoms with van der Waals surface area (Å²) in [5.41, 5.74) is 0. The van der Waals surface area contributed by atoms with Gasteiger partial charge in [-0.15, -0.1) is 0 Å². The number of rotatable bonds is 4. The second-order valence-electron chi connectivity index (χ2n) is 5.08. The lowest BCUT2D eigenvalue weighted by molar-refractivity contribution is 0.355. The molecule has 0 bridgehead atoms. The summed E-state index contributed by atoms with van der Waals surface area (Å²) in [6.07, 6.45) is 0. The Bertz CT molecular complexity index is 886. The largest absolute Gasteiger partial charge is 0.507 e. The number of hydrogen-bond acceptors (Lipinski definition) is 5. The lowest BCUT2D eigenvalue weighted by Crippen LogP contribution is -1.93. The minimum Gasteiger partial charge on any atom is -0.507 e. The molecule has 23 heavy (non-hydrogen) atoms. The molecule has 0 saturated heterocycles. The van der Waals surface area contributed by atoms with Gasteiger partial charge in [0.05, 0.1) is 28.4 Å². The van der Waals surface area contributed by atoms with Crippen LogP contribution in [-0.4, -0.2) is 33.5 Å². The standard InChI is InChI=1S/C18H18O5/c1-20-15-6-10-5-14(19)13-9-18(23-4)17(22-3)8-12(13)11(10)7-16(15)21-2/h5-9,19H,1-4H3. The van der Waals surface area contributed by atoms with Crippen LogP contribution in [0.1, 0.15) is 0 Å². The molecular weight excluding hydrogens is 296 g/mol. The van der Waals surface area contributed by atoms with Gasteiger partial charge in [-0.25, -0.2) is 0 Å². The maximum absolute atomic E-state index is 10.4. The molecule has 0 atom stereocenters. The zero-order chi connectivity index (χ0) is 16.6. The molecule has 0 aliphatic rings. The van der Waals surface area contributed by atoms with Crippen LogP contribution in [0.3, 0.4) is 0 Å². The van der Waals surface area contributed by atoms with Crippen molar-refractivity contribution in [1.82, 2.24) is 0 Å². The van der Waals surface area contributed by atoms with Crippen LogP contribution in [0, 0.1) is 0 Å². The van der Waals surface area contributed by atoms with Crippen LogP contribution in [-0.2, 0) is 0 Å². The SMILES string of the molecule is COc1cc2cc(O)c3cc(OC)c(OC)cc3c2cc1OC. The van der Waals surface area contributed by atoms with E-state index in [0.29, 0.717) is 28.4 Å². The minimum absolute atomic E-state index is 0.167. The Labute approximate surface area is 134 Å². The van der Waals surface area contributed by atoms with E-state index in [9.17, 15) is 5.11 Å². The summed E-state index contributed by atoms with van der Waals surface area (Å²) in [7, 11) is 6.32. The van der Waals surface area contributed by atoms with Crippen LogP contribution in [0.25, 0.3) is 21.5 Å². The zero-order valence-corrected chi connectivity index (χ0v) is 13.5. The maximum Gasteiger partial charge on any atom is 0.161 e. The number of methoxy groups -OCH3 is 4. The molecule has 3 aromatic rings. The molecule has 0 unspecified atom stereocenters. The molecule has 5 nitrogen and oxygen atoms in total. The van der Waals surface area contributed by atoms with Crippen molar-refractivity contribution in [3.8, 4) is 28.7 Å². The van der Waals surface area contributed by atoms with E-state index in [2.05, 4.69) is 0 Å². The van der Waals surface area contributed by atoms with Crippen LogP contribution < -0.4 is 18.9 Å². The second kappa shape index (κ2) is 5.76. The quantitative estimate of drug-likeness (QED) is 0.744. The van der Waals surface area contributed by atoms with Crippen molar-refractivity contribution >= 4 is 21.5 Å². The van der Waals surface area contributed by atoms with Crippen LogP contribution >= 0.6 is 0 Å². The van der Waals surface area contributed by atoms with Gasteiger partial charge in [-0.05, 0) is 46.5 Å². The third kappa shape index (κ3) is 2.34. The summed E-state index contributed by atoms with van der Waals surface area (Å²) in [6, 6.07) is 9.04. The fraction of sp³-hybridized carbons (Fsp3) is 0.222. The topological polar surface area (TPSA) is 57.2 Å². The number of phenolic OH excluding ortho intramolecular Hbond substituents is 1. The van der Waals surface area contributed by atoms with Gasteiger partial charge < -0.3 is 24.1 Å². The van der Waals surface area contributed by atoms with Gasteiger partial charge in [-0.2, -0.15) is 0 Å². The smallest absolute Gasteiger partial charge is 0.161 e. The third-order valence-electron chi connectivity index (χ3n) is 3.94. The van der Waals surface area contributed by atoms with E-state index in [1.54, 1.807) is 40.6 Å². The summed E-state index contributed by atoms with van der Waals surface area (Å²) in [4.78, 5) is 0. The van der Waals surface area contributed by atoms with Crippen molar-refractivity contribution in [1.29, 1.82) is 0 Å². The average Bonchev–Trinajstić information content (AvgIpc) is 2.59. The summed E-state index contributed by atoms with van der Waals surface area (Å²) >= 11 is 0. The Hall–Kier alpha value is -2.82. The van der Waals surface area contributed by atoms with Crippen molar-refractivity contribution in [3.63, 3.8) is 0 Å². The monoisotopic (exact) mass is 314 g/mol. The predicted octanol–water partition coefficient (Wildman–Crippen LogP) is 3.73. The Balaban J connectivity index is 2.45. The number of aromatic hydroxyl groups is 1. The van der Waals surface area contributed by atoms with Gasteiger partial charge >= 0.3 is 0 Å². The van der Waals surface area contributed by atoms with E-state index < -0.39 is 0 Å². The molecular formula is C18H18O5. The van der Waals surface area contributed by atoms with Crippen LogP contribution in [0.5, 0.6) is 28.7 Å². The molecule has 0 saturated carbocycles. The highest BCUT2D eigenvalue weighted by atomic mass is 16.5. The van der Waals surface area contributed by atoms with Crippen molar-refractivity contribution in [2.45, 2.75) is 0 Å². The summed E-state index contributed by atoms with van der Waals surface area (Å²) < 4.78 is 21.4.